The molecule has 17 heavy (non-hydrogen) atoms. The van der Waals surface area contributed by atoms with E-state index >= 15 is 0 Å². The Morgan fingerprint density at radius 2 is 2.18 bits per heavy atom. The lowest BCUT2D eigenvalue weighted by Crippen LogP contribution is -2.49. The molecule has 1 heterocycles. The van der Waals surface area contributed by atoms with Crippen molar-refractivity contribution in [3.05, 3.63) is 0 Å². The largest absolute Gasteiger partial charge is 0.396 e. The van der Waals surface area contributed by atoms with Crippen molar-refractivity contribution >= 4 is 27.5 Å². The molecule has 0 saturated carbocycles. The molecule has 7 heteroatoms. The number of amides is 1. The number of aliphatic hydroxyl groups is 1. The average molecular weight is 281 g/mol. The van der Waals surface area contributed by atoms with Gasteiger partial charge in [-0.3, -0.25) is 4.79 Å². The van der Waals surface area contributed by atoms with E-state index in [1.807, 2.05) is 0 Å². The molecule has 1 unspecified atom stereocenters. The van der Waals surface area contributed by atoms with Crippen molar-refractivity contribution in [2.45, 2.75) is 24.6 Å². The molecule has 1 atom stereocenters. The monoisotopic (exact) mass is 281 g/mol. The third kappa shape index (κ3) is 4.48. The summed E-state index contributed by atoms with van der Waals surface area (Å²) in [5.41, 5.74) is 0. The molecule has 0 bridgehead atoms. The van der Waals surface area contributed by atoms with Crippen LogP contribution in [0, 0.1) is 0 Å². The van der Waals surface area contributed by atoms with E-state index in [-0.39, 0.29) is 12.5 Å². The van der Waals surface area contributed by atoms with Gasteiger partial charge < -0.3 is 10.0 Å². The second-order valence-corrected chi connectivity index (χ2v) is 7.48. The lowest BCUT2D eigenvalue weighted by Gasteiger charge is -2.34. The van der Waals surface area contributed by atoms with E-state index in [1.54, 1.807) is 11.8 Å². The molecule has 100 valence electrons. The van der Waals surface area contributed by atoms with Gasteiger partial charge in [0.2, 0.25) is 5.91 Å². The number of rotatable bonds is 5. The number of hydrogen-bond donors (Lipinski definition) is 1. The van der Waals surface area contributed by atoms with Crippen LogP contribution in [-0.4, -0.2) is 60.6 Å². The van der Waals surface area contributed by atoms with E-state index in [0.29, 0.717) is 31.6 Å². The van der Waals surface area contributed by atoms with E-state index in [1.165, 1.54) is 11.2 Å². The normalized spacial score (nSPS) is 21.5. The van der Waals surface area contributed by atoms with Gasteiger partial charge in [0.15, 0.2) is 9.84 Å². The molecule has 5 nitrogen and oxygen atoms in total. The minimum atomic E-state index is -3.22. The zero-order chi connectivity index (χ0) is 12.9. The number of carbonyl (C=O) groups excluding carboxylic acids is 1. The summed E-state index contributed by atoms with van der Waals surface area (Å²) in [5, 5.41) is 7.97. The zero-order valence-electron chi connectivity index (χ0n) is 9.96. The summed E-state index contributed by atoms with van der Waals surface area (Å²) in [6, 6.07) is 0. The Hall–Kier alpha value is -0.270. The number of hydrogen-bond acceptors (Lipinski definition) is 5. The first-order valence-corrected chi connectivity index (χ1v) is 8.74. The first kappa shape index (κ1) is 14.8. The van der Waals surface area contributed by atoms with Crippen LogP contribution < -0.4 is 0 Å². The number of nitrogens with zero attached hydrogens (tertiary/aromatic N) is 1. The predicted octanol–water partition coefficient (Wildman–Crippen LogP) is 0.0951. The molecule has 0 aromatic rings. The van der Waals surface area contributed by atoms with Crippen molar-refractivity contribution < 1.29 is 18.3 Å². The Balaban J connectivity index is 2.62. The molecule has 1 aliphatic heterocycles. The molecule has 1 amide bonds. The second kappa shape index (κ2) is 6.61. The van der Waals surface area contributed by atoms with E-state index in [2.05, 4.69) is 0 Å². The fourth-order valence-electron chi connectivity index (χ4n) is 1.75. The fourth-order valence-corrected chi connectivity index (χ4v) is 4.59. The topological polar surface area (TPSA) is 74.7 Å². The van der Waals surface area contributed by atoms with Crippen molar-refractivity contribution in [3.63, 3.8) is 0 Å². The second-order valence-electron chi connectivity index (χ2n) is 4.13. The van der Waals surface area contributed by atoms with Crippen molar-refractivity contribution in [1.29, 1.82) is 0 Å². The van der Waals surface area contributed by atoms with E-state index in [4.69, 9.17) is 5.11 Å². The minimum Gasteiger partial charge on any atom is -0.396 e. The van der Waals surface area contributed by atoms with Crippen molar-refractivity contribution in [2.24, 2.45) is 0 Å². The highest BCUT2D eigenvalue weighted by atomic mass is 32.2. The maximum absolute atomic E-state index is 11.9. The molecule has 1 saturated heterocycles. The van der Waals surface area contributed by atoms with Gasteiger partial charge in [0, 0.05) is 37.3 Å². The summed E-state index contributed by atoms with van der Waals surface area (Å²) in [6.45, 7) is 0.568. The molecule has 1 rings (SSSR count). The van der Waals surface area contributed by atoms with Gasteiger partial charge in [-0.25, -0.2) is 8.42 Å². The maximum atomic E-state index is 11.9. The third-order valence-electron chi connectivity index (χ3n) is 2.70. The van der Waals surface area contributed by atoms with Gasteiger partial charge in [-0.1, -0.05) is 0 Å². The Morgan fingerprint density at radius 3 is 2.76 bits per heavy atom. The van der Waals surface area contributed by atoms with Gasteiger partial charge in [0.05, 0.1) is 0 Å². The molecule has 1 fully saturated rings. The highest BCUT2D eigenvalue weighted by molar-refractivity contribution is 8.00. The van der Waals surface area contributed by atoms with Crippen LogP contribution in [0.15, 0.2) is 0 Å². The van der Waals surface area contributed by atoms with Gasteiger partial charge in [-0.05, 0) is 12.8 Å². The molecule has 0 aromatic carbocycles. The summed E-state index contributed by atoms with van der Waals surface area (Å²) < 4.78 is 23.2. The minimum absolute atomic E-state index is 0.0681. The summed E-state index contributed by atoms with van der Waals surface area (Å²) in [7, 11) is -3.22. The van der Waals surface area contributed by atoms with Crippen LogP contribution in [0.3, 0.4) is 0 Å². The molecule has 1 aliphatic rings. The summed E-state index contributed by atoms with van der Waals surface area (Å²) in [5.74, 6) is 1.14. The van der Waals surface area contributed by atoms with Crippen molar-refractivity contribution in [2.75, 3.05) is 30.9 Å². The van der Waals surface area contributed by atoms with Crippen molar-refractivity contribution in [1.82, 2.24) is 4.90 Å². The highest BCUT2D eigenvalue weighted by Crippen LogP contribution is 2.21. The standard InChI is InChI=1S/C10H19NO4S2/c1-17(14,15)10-8-16-7-5-11(10)9(13)4-2-3-6-12/h10,12H,2-8H2,1H3. The first-order chi connectivity index (χ1) is 7.96. The molecule has 0 radical (unpaired) electrons. The summed E-state index contributed by atoms with van der Waals surface area (Å²) in [4.78, 5) is 13.4. The SMILES string of the molecule is CS(=O)(=O)C1CSCCN1C(=O)CCCCO. The van der Waals surface area contributed by atoms with Crippen LogP contribution in [-0.2, 0) is 14.6 Å². The fraction of sp³-hybridized carbons (Fsp3) is 0.900. The van der Waals surface area contributed by atoms with E-state index in [0.717, 1.165) is 5.75 Å². The quantitative estimate of drug-likeness (QED) is 0.723. The van der Waals surface area contributed by atoms with Crippen LogP contribution >= 0.6 is 11.8 Å². The van der Waals surface area contributed by atoms with Gasteiger partial charge in [0.1, 0.15) is 5.37 Å². The number of thioether (sulfide) groups is 1. The number of carbonyl (C=O) groups is 1. The Kier molecular flexibility index (Phi) is 5.75. The Morgan fingerprint density at radius 1 is 1.47 bits per heavy atom. The van der Waals surface area contributed by atoms with E-state index in [9.17, 15) is 13.2 Å². The van der Waals surface area contributed by atoms with Crippen LogP contribution in [0.25, 0.3) is 0 Å². The van der Waals surface area contributed by atoms with Gasteiger partial charge in [-0.2, -0.15) is 11.8 Å². The third-order valence-corrected chi connectivity index (χ3v) is 5.34. The molecule has 0 aliphatic carbocycles. The first-order valence-electron chi connectivity index (χ1n) is 5.63. The molecule has 0 spiro atoms. The number of aliphatic hydroxyl groups excluding tert-OH is 1. The Bertz CT molecular complexity index is 355. The van der Waals surface area contributed by atoms with Gasteiger partial charge >= 0.3 is 0 Å². The molecule has 1 N–H and O–H groups in total. The summed E-state index contributed by atoms with van der Waals surface area (Å²) >= 11 is 1.57. The molecular formula is C10H19NO4S2. The van der Waals surface area contributed by atoms with Crippen LogP contribution in [0.1, 0.15) is 19.3 Å². The maximum Gasteiger partial charge on any atom is 0.223 e. The Labute approximate surface area is 106 Å². The van der Waals surface area contributed by atoms with Crippen molar-refractivity contribution in [3.8, 4) is 0 Å². The lowest BCUT2D eigenvalue weighted by molar-refractivity contribution is -0.131. The van der Waals surface area contributed by atoms with Gasteiger partial charge in [-0.15, -0.1) is 0 Å². The highest BCUT2D eigenvalue weighted by Gasteiger charge is 2.33. The summed E-state index contributed by atoms with van der Waals surface area (Å²) in [6.07, 6.45) is 2.68. The van der Waals surface area contributed by atoms with Crippen LogP contribution in [0.4, 0.5) is 0 Å². The molecular weight excluding hydrogens is 262 g/mol. The zero-order valence-corrected chi connectivity index (χ0v) is 11.6. The lowest BCUT2D eigenvalue weighted by atomic mass is 10.2. The average Bonchev–Trinajstić information content (AvgIpc) is 2.28. The van der Waals surface area contributed by atoms with Gasteiger partial charge in [0.25, 0.3) is 0 Å². The van der Waals surface area contributed by atoms with E-state index < -0.39 is 15.2 Å². The molecule has 0 aromatic heterocycles. The van der Waals surface area contributed by atoms with Crippen LogP contribution in [0.2, 0.25) is 0 Å². The predicted molar refractivity (Wildman–Crippen MR) is 68.6 cm³/mol. The number of sulfone groups is 1. The number of unbranched alkanes of at least 4 members (excludes halogenated alkanes) is 1. The smallest absolute Gasteiger partial charge is 0.223 e. The van der Waals surface area contributed by atoms with Crippen LogP contribution in [0.5, 0.6) is 0 Å².